The normalized spacial score (nSPS) is 11.0. The second-order valence-corrected chi connectivity index (χ2v) is 2.77. The van der Waals surface area contributed by atoms with Crippen LogP contribution >= 0.6 is 0 Å². The zero-order valence-electron chi connectivity index (χ0n) is 7.79. The smallest absolute Gasteiger partial charge is 0.0912 e. The van der Waals surface area contributed by atoms with Crippen molar-refractivity contribution in [2.75, 3.05) is 0 Å². The van der Waals surface area contributed by atoms with Gasteiger partial charge in [0.2, 0.25) is 0 Å². The predicted molar refractivity (Wildman–Crippen MR) is 52.7 cm³/mol. The molecule has 0 fully saturated rings. The third kappa shape index (κ3) is 8.97. The third-order valence-corrected chi connectivity index (χ3v) is 1.64. The van der Waals surface area contributed by atoms with Crippen LogP contribution in [-0.2, 0) is 0 Å². The van der Waals surface area contributed by atoms with E-state index in [0.29, 0.717) is 0 Å². The first-order chi connectivity index (χ1) is 5.91. The van der Waals surface area contributed by atoms with Gasteiger partial charge in [0.25, 0.3) is 0 Å². The lowest BCUT2D eigenvalue weighted by atomic mass is 10.1. The molecule has 0 aliphatic heterocycles. The zero-order valence-corrected chi connectivity index (χ0v) is 7.79. The summed E-state index contributed by atoms with van der Waals surface area (Å²) in [5, 5.41) is 8.17. The molecule has 0 saturated heterocycles. The van der Waals surface area contributed by atoms with Crippen LogP contribution in [0.2, 0.25) is 0 Å². The molecule has 66 valence electrons. The molecule has 0 radical (unpaired) electrons. The number of rotatable bonds is 6. The summed E-state index contributed by atoms with van der Waals surface area (Å²) in [4.78, 5) is 0. The molecule has 0 heterocycles. The van der Waals surface area contributed by atoms with E-state index in [1.807, 2.05) is 12.1 Å². The van der Waals surface area contributed by atoms with Crippen LogP contribution in [0.25, 0.3) is 0 Å². The molecule has 0 amide bonds. The highest BCUT2D eigenvalue weighted by Gasteiger charge is 1.82. The van der Waals surface area contributed by atoms with E-state index < -0.39 is 0 Å². The lowest BCUT2D eigenvalue weighted by Crippen LogP contribution is -1.72. The number of unbranched alkanes of at least 4 members (excludes halogenated alkanes) is 4. The molecule has 0 atom stereocenters. The minimum Gasteiger partial charge on any atom is -0.193 e. The van der Waals surface area contributed by atoms with Crippen LogP contribution in [0, 0.1) is 11.3 Å². The molecular formula is C11H17N. The van der Waals surface area contributed by atoms with Gasteiger partial charge in [0.05, 0.1) is 6.07 Å². The highest BCUT2D eigenvalue weighted by Crippen LogP contribution is 2.02. The minimum atomic E-state index is 1.13. The van der Waals surface area contributed by atoms with E-state index in [1.165, 1.54) is 31.8 Å². The molecule has 12 heavy (non-hydrogen) atoms. The largest absolute Gasteiger partial charge is 0.193 e. The van der Waals surface area contributed by atoms with Crippen LogP contribution < -0.4 is 0 Å². The molecular weight excluding hydrogens is 146 g/mol. The van der Waals surface area contributed by atoms with E-state index in [-0.39, 0.29) is 0 Å². The average Bonchev–Trinajstić information content (AvgIpc) is 2.10. The van der Waals surface area contributed by atoms with Crippen molar-refractivity contribution in [3.63, 3.8) is 0 Å². The van der Waals surface area contributed by atoms with Crippen molar-refractivity contribution in [3.05, 3.63) is 24.3 Å². The topological polar surface area (TPSA) is 23.8 Å². The molecule has 0 saturated carbocycles. The molecule has 0 spiro atoms. The number of hydrogen-bond donors (Lipinski definition) is 0. The first-order valence-electron chi connectivity index (χ1n) is 4.63. The second kappa shape index (κ2) is 9.97. The summed E-state index contributed by atoms with van der Waals surface area (Å²) in [6.45, 7) is 2.21. The second-order valence-electron chi connectivity index (χ2n) is 2.77. The van der Waals surface area contributed by atoms with Gasteiger partial charge in [-0.15, -0.1) is 0 Å². The van der Waals surface area contributed by atoms with E-state index in [4.69, 9.17) is 5.26 Å². The van der Waals surface area contributed by atoms with Crippen LogP contribution in [0.1, 0.15) is 39.0 Å². The molecule has 0 aromatic carbocycles. The van der Waals surface area contributed by atoms with E-state index in [9.17, 15) is 0 Å². The first-order valence-corrected chi connectivity index (χ1v) is 4.63. The van der Waals surface area contributed by atoms with Crippen molar-refractivity contribution in [1.82, 2.24) is 0 Å². The van der Waals surface area contributed by atoms with Crippen molar-refractivity contribution in [2.24, 2.45) is 0 Å². The van der Waals surface area contributed by atoms with E-state index in [2.05, 4.69) is 13.0 Å². The van der Waals surface area contributed by atoms with Gasteiger partial charge in [-0.05, 0) is 12.8 Å². The summed E-state index contributed by atoms with van der Waals surface area (Å²) in [7, 11) is 0. The number of allylic oxidation sites excluding steroid dienone is 4. The summed E-state index contributed by atoms with van der Waals surface area (Å²) in [5.41, 5.74) is 0. The quantitative estimate of drug-likeness (QED) is 0.333. The van der Waals surface area contributed by atoms with E-state index in [1.54, 1.807) is 6.08 Å². The zero-order chi connectivity index (χ0) is 9.07. The Kier molecular flexibility index (Phi) is 9.11. The van der Waals surface area contributed by atoms with Gasteiger partial charge in [-0.25, -0.2) is 0 Å². The van der Waals surface area contributed by atoms with Crippen LogP contribution in [0.15, 0.2) is 24.3 Å². The number of hydrogen-bond acceptors (Lipinski definition) is 1. The Bertz CT molecular complexity index is 172. The molecule has 1 nitrogen and oxygen atoms in total. The Balaban J connectivity index is 3.14. The molecule has 0 aliphatic carbocycles. The monoisotopic (exact) mass is 163 g/mol. The maximum absolute atomic E-state index is 8.17. The minimum absolute atomic E-state index is 1.13. The Hall–Kier alpha value is -1.03. The van der Waals surface area contributed by atoms with Crippen molar-refractivity contribution in [1.29, 1.82) is 5.26 Å². The number of nitrogens with zero attached hydrogens (tertiary/aromatic N) is 1. The first kappa shape index (κ1) is 11.0. The Morgan fingerprint density at radius 2 is 2.00 bits per heavy atom. The molecule has 0 N–H and O–H groups in total. The SMILES string of the molecule is CCCCCC/C=C/C=C/C#N. The average molecular weight is 163 g/mol. The summed E-state index contributed by atoms with van der Waals surface area (Å²) < 4.78 is 0. The van der Waals surface area contributed by atoms with Gasteiger partial charge in [0.1, 0.15) is 0 Å². The third-order valence-electron chi connectivity index (χ3n) is 1.64. The molecule has 0 unspecified atom stereocenters. The summed E-state index contributed by atoms with van der Waals surface area (Å²) in [6, 6.07) is 1.95. The van der Waals surface area contributed by atoms with Crippen LogP contribution in [0.3, 0.4) is 0 Å². The van der Waals surface area contributed by atoms with Gasteiger partial charge < -0.3 is 0 Å². The number of nitriles is 1. The van der Waals surface area contributed by atoms with Crippen molar-refractivity contribution in [3.8, 4) is 6.07 Å². The van der Waals surface area contributed by atoms with Gasteiger partial charge >= 0.3 is 0 Å². The molecule has 0 aliphatic rings. The maximum Gasteiger partial charge on any atom is 0.0912 e. The molecule has 0 bridgehead atoms. The summed E-state index contributed by atoms with van der Waals surface area (Å²) >= 11 is 0. The molecule has 0 rings (SSSR count). The highest BCUT2D eigenvalue weighted by molar-refractivity contribution is 5.11. The fraction of sp³-hybridized carbons (Fsp3) is 0.545. The highest BCUT2D eigenvalue weighted by atomic mass is 14.2. The van der Waals surface area contributed by atoms with Crippen molar-refractivity contribution >= 4 is 0 Å². The standard InChI is InChI=1S/C11H17N/c1-2-3-4-5-6-7-8-9-10-11-12/h7-10H,2-6H2,1H3/b8-7+,10-9+. The van der Waals surface area contributed by atoms with Gasteiger partial charge in [-0.1, -0.05) is 44.4 Å². The molecule has 0 aromatic heterocycles. The fourth-order valence-electron chi connectivity index (χ4n) is 0.962. The lowest BCUT2D eigenvalue weighted by Gasteiger charge is -1.92. The Labute approximate surface area is 75.4 Å². The van der Waals surface area contributed by atoms with Gasteiger partial charge in [0, 0.05) is 6.08 Å². The summed E-state index contributed by atoms with van der Waals surface area (Å²) in [6.07, 6.45) is 13.7. The molecule has 0 aromatic rings. The Morgan fingerprint density at radius 1 is 1.17 bits per heavy atom. The predicted octanol–water partition coefficient (Wildman–Crippen LogP) is 3.59. The van der Waals surface area contributed by atoms with E-state index in [0.717, 1.165) is 6.42 Å². The van der Waals surface area contributed by atoms with Crippen LogP contribution in [0.4, 0.5) is 0 Å². The molecule has 1 heteroatoms. The van der Waals surface area contributed by atoms with Crippen molar-refractivity contribution in [2.45, 2.75) is 39.0 Å². The van der Waals surface area contributed by atoms with Gasteiger partial charge in [-0.3, -0.25) is 0 Å². The van der Waals surface area contributed by atoms with Gasteiger partial charge in [0.15, 0.2) is 0 Å². The fourth-order valence-corrected chi connectivity index (χ4v) is 0.962. The van der Waals surface area contributed by atoms with Crippen LogP contribution in [0.5, 0.6) is 0 Å². The Morgan fingerprint density at radius 3 is 2.67 bits per heavy atom. The van der Waals surface area contributed by atoms with Crippen LogP contribution in [-0.4, -0.2) is 0 Å². The van der Waals surface area contributed by atoms with Crippen molar-refractivity contribution < 1.29 is 0 Å². The summed E-state index contributed by atoms with van der Waals surface area (Å²) in [5.74, 6) is 0. The lowest BCUT2D eigenvalue weighted by molar-refractivity contribution is 0.674. The van der Waals surface area contributed by atoms with E-state index >= 15 is 0 Å². The van der Waals surface area contributed by atoms with Gasteiger partial charge in [-0.2, -0.15) is 5.26 Å². The maximum atomic E-state index is 8.17.